The van der Waals surface area contributed by atoms with Gasteiger partial charge in [0.05, 0.1) is 19.2 Å². The third-order valence-corrected chi connectivity index (χ3v) is 11.3. The van der Waals surface area contributed by atoms with E-state index >= 15 is 0 Å². The standard InChI is InChI=1S/C35H60N4O5/c1-28(2)21-32(22-29(3,4)36-28)26(41)38(34(43-32)15-11-9-12-16-34)19-25(40)20-39-27(42)33(44-35(39)17-13-10-14-18-35)23-30(5,6)37-31(7,8)24-33/h25,36-37,40H,9-24H2,1-8H3. The molecular formula is C35H60N4O5. The summed E-state index contributed by atoms with van der Waals surface area (Å²) in [4.78, 5) is 33.0. The van der Waals surface area contributed by atoms with Crippen molar-refractivity contribution >= 4 is 11.8 Å². The van der Waals surface area contributed by atoms with E-state index in [1.807, 2.05) is 9.80 Å². The molecule has 3 N–H and O–H groups in total. The van der Waals surface area contributed by atoms with Crippen molar-refractivity contribution in [1.29, 1.82) is 0 Å². The Bertz CT molecular complexity index is 1030. The number of aliphatic hydroxyl groups excluding tert-OH is 1. The predicted octanol–water partition coefficient (Wildman–Crippen LogP) is 4.74. The van der Waals surface area contributed by atoms with E-state index in [0.29, 0.717) is 25.7 Å². The highest BCUT2D eigenvalue weighted by atomic mass is 16.6. The quantitative estimate of drug-likeness (QED) is 0.419. The minimum atomic E-state index is -0.914. The van der Waals surface area contributed by atoms with Crippen LogP contribution in [0.15, 0.2) is 0 Å². The van der Waals surface area contributed by atoms with E-state index in [9.17, 15) is 14.7 Å². The zero-order valence-electron chi connectivity index (χ0n) is 28.9. The molecular weight excluding hydrogens is 556 g/mol. The fourth-order valence-corrected chi connectivity index (χ4v) is 11.2. The molecule has 9 nitrogen and oxygen atoms in total. The second kappa shape index (κ2) is 10.4. The Labute approximate surface area is 265 Å². The Morgan fingerprint density at radius 1 is 0.591 bits per heavy atom. The van der Waals surface area contributed by atoms with Crippen molar-refractivity contribution < 1.29 is 24.2 Å². The molecule has 0 aromatic heterocycles. The van der Waals surface area contributed by atoms with Crippen LogP contribution in [0, 0.1) is 0 Å². The maximum atomic E-state index is 14.6. The number of amides is 2. The summed E-state index contributed by atoms with van der Waals surface area (Å²) in [6, 6.07) is 0. The van der Waals surface area contributed by atoms with Gasteiger partial charge in [-0.25, -0.2) is 0 Å². The number of ether oxygens (including phenoxy) is 2. The number of nitrogens with one attached hydrogen (secondary N) is 2. The van der Waals surface area contributed by atoms with Crippen LogP contribution in [0.25, 0.3) is 0 Å². The van der Waals surface area contributed by atoms with Crippen molar-refractivity contribution in [1.82, 2.24) is 20.4 Å². The second-order valence-electron chi connectivity index (χ2n) is 18.2. The summed E-state index contributed by atoms with van der Waals surface area (Å²) in [5.74, 6) is 0.0200. The van der Waals surface area contributed by atoms with Crippen molar-refractivity contribution in [2.24, 2.45) is 0 Å². The van der Waals surface area contributed by atoms with Crippen LogP contribution in [0.1, 0.15) is 145 Å². The van der Waals surface area contributed by atoms with Gasteiger partial charge in [0.2, 0.25) is 0 Å². The first kappa shape index (κ1) is 32.7. The summed E-state index contributed by atoms with van der Waals surface area (Å²) in [5.41, 5.74) is -4.28. The summed E-state index contributed by atoms with van der Waals surface area (Å²) >= 11 is 0. The summed E-state index contributed by atoms with van der Waals surface area (Å²) < 4.78 is 14.1. The van der Waals surface area contributed by atoms with Crippen molar-refractivity contribution in [2.45, 2.75) is 196 Å². The molecule has 44 heavy (non-hydrogen) atoms. The lowest BCUT2D eigenvalue weighted by molar-refractivity contribution is -0.189. The van der Waals surface area contributed by atoms with E-state index in [-0.39, 0.29) is 47.1 Å². The van der Waals surface area contributed by atoms with Gasteiger partial charge in [-0.3, -0.25) is 9.59 Å². The normalized spacial score (nSPS) is 32.4. The largest absolute Gasteiger partial charge is 0.389 e. The number of aliphatic hydroxyl groups is 1. The van der Waals surface area contributed by atoms with Crippen LogP contribution in [-0.2, 0) is 19.1 Å². The number of β-amino-alcohol motifs (C(OH)–C–C–N with tert-alkyl or cyclic N) is 1. The van der Waals surface area contributed by atoms with Crippen LogP contribution in [0.4, 0.5) is 0 Å². The van der Waals surface area contributed by atoms with Crippen LogP contribution in [0.5, 0.6) is 0 Å². The lowest BCUT2D eigenvalue weighted by Gasteiger charge is -2.50. The number of piperidine rings is 2. The molecule has 2 saturated carbocycles. The van der Waals surface area contributed by atoms with Gasteiger partial charge in [0.15, 0.2) is 11.2 Å². The van der Waals surface area contributed by atoms with Crippen LogP contribution < -0.4 is 10.6 Å². The zero-order chi connectivity index (χ0) is 32.0. The van der Waals surface area contributed by atoms with Crippen molar-refractivity contribution in [3.05, 3.63) is 0 Å². The number of hydrogen-bond acceptors (Lipinski definition) is 7. The minimum Gasteiger partial charge on any atom is -0.389 e. The maximum absolute atomic E-state index is 14.6. The molecule has 4 aliphatic heterocycles. The molecule has 6 aliphatic rings. The molecule has 4 spiro atoms. The molecule has 6 rings (SSSR count). The molecule has 2 amide bonds. The van der Waals surface area contributed by atoms with Crippen molar-refractivity contribution in [2.75, 3.05) is 13.1 Å². The molecule has 0 aromatic rings. The van der Waals surface area contributed by atoms with Gasteiger partial charge in [-0.2, -0.15) is 0 Å². The third-order valence-electron chi connectivity index (χ3n) is 11.3. The third kappa shape index (κ3) is 5.65. The van der Waals surface area contributed by atoms with Gasteiger partial charge in [0, 0.05) is 47.8 Å². The lowest BCUT2D eigenvalue weighted by Crippen LogP contribution is -2.66. The van der Waals surface area contributed by atoms with Crippen LogP contribution in [-0.4, -0.2) is 90.7 Å². The van der Waals surface area contributed by atoms with Crippen molar-refractivity contribution in [3.8, 4) is 0 Å². The number of nitrogens with zero attached hydrogens (tertiary/aromatic N) is 2. The first-order chi connectivity index (χ1) is 20.3. The van der Waals surface area contributed by atoms with Gasteiger partial charge in [0.25, 0.3) is 11.8 Å². The summed E-state index contributed by atoms with van der Waals surface area (Å²) in [5, 5.41) is 19.3. The molecule has 0 unspecified atom stereocenters. The topological polar surface area (TPSA) is 103 Å². The Kier molecular flexibility index (Phi) is 7.70. The van der Waals surface area contributed by atoms with E-state index in [1.54, 1.807) is 0 Å². The van der Waals surface area contributed by atoms with Gasteiger partial charge in [-0.15, -0.1) is 0 Å². The van der Waals surface area contributed by atoms with Gasteiger partial charge in [-0.05, 0) is 107 Å². The fourth-order valence-electron chi connectivity index (χ4n) is 11.2. The molecule has 4 saturated heterocycles. The van der Waals surface area contributed by atoms with Crippen LogP contribution >= 0.6 is 0 Å². The first-order valence-electron chi connectivity index (χ1n) is 17.6. The van der Waals surface area contributed by atoms with Gasteiger partial charge >= 0.3 is 0 Å². The fraction of sp³-hybridized carbons (Fsp3) is 0.943. The van der Waals surface area contributed by atoms with E-state index in [1.165, 1.54) is 0 Å². The average Bonchev–Trinajstić information content (AvgIpc) is 3.16. The Balaban J connectivity index is 1.28. The lowest BCUT2D eigenvalue weighted by atomic mass is 9.72. The van der Waals surface area contributed by atoms with E-state index in [0.717, 1.165) is 64.2 Å². The molecule has 6 fully saturated rings. The second-order valence-corrected chi connectivity index (χ2v) is 18.2. The minimum absolute atomic E-state index is 0.0100. The van der Waals surface area contributed by atoms with Gasteiger partial charge in [0.1, 0.15) is 11.4 Å². The molecule has 0 aromatic carbocycles. The molecule has 0 radical (unpaired) electrons. The van der Waals surface area contributed by atoms with Crippen molar-refractivity contribution in [3.63, 3.8) is 0 Å². The molecule has 0 atom stereocenters. The van der Waals surface area contributed by atoms with E-state index < -0.39 is 28.8 Å². The zero-order valence-corrected chi connectivity index (χ0v) is 28.9. The van der Waals surface area contributed by atoms with E-state index in [2.05, 4.69) is 66.0 Å². The first-order valence-corrected chi connectivity index (χ1v) is 17.6. The highest BCUT2D eigenvalue weighted by Gasteiger charge is 2.67. The van der Waals surface area contributed by atoms with Gasteiger partial charge < -0.3 is 35.0 Å². The number of carbonyl (C=O) groups excluding carboxylic acids is 2. The number of carbonyl (C=O) groups is 2. The maximum Gasteiger partial charge on any atom is 0.257 e. The molecule has 0 bridgehead atoms. The van der Waals surface area contributed by atoms with Crippen LogP contribution in [0.2, 0.25) is 0 Å². The number of rotatable bonds is 4. The van der Waals surface area contributed by atoms with Crippen LogP contribution in [0.3, 0.4) is 0 Å². The Hall–Kier alpha value is -1.26. The summed E-state index contributed by atoms with van der Waals surface area (Å²) in [6.07, 6.45) is 10.9. The van der Waals surface area contributed by atoms with E-state index in [4.69, 9.17) is 9.47 Å². The van der Waals surface area contributed by atoms with Gasteiger partial charge in [-0.1, -0.05) is 12.8 Å². The monoisotopic (exact) mass is 616 g/mol. The Morgan fingerprint density at radius 3 is 1.18 bits per heavy atom. The Morgan fingerprint density at radius 2 is 0.886 bits per heavy atom. The molecule has 9 heteroatoms. The SMILES string of the molecule is CC1(C)CC2(CC(C)(C)N1)OC1(CCCCC1)N(CC(O)CN1C(=O)C3(CC(C)(C)NC(C)(C)C3)OC13CCCCC3)C2=O. The predicted molar refractivity (Wildman–Crippen MR) is 170 cm³/mol. The smallest absolute Gasteiger partial charge is 0.257 e. The summed E-state index contributed by atoms with van der Waals surface area (Å²) in [7, 11) is 0. The highest BCUT2D eigenvalue weighted by Crippen LogP contribution is 2.54. The molecule has 2 aliphatic carbocycles. The summed E-state index contributed by atoms with van der Waals surface area (Å²) in [6.45, 7) is 17.5. The highest BCUT2D eigenvalue weighted by molar-refractivity contribution is 5.89. The number of hydrogen-bond donors (Lipinski definition) is 3. The molecule has 4 heterocycles. The average molecular weight is 617 g/mol. The molecule has 250 valence electrons.